The van der Waals surface area contributed by atoms with Crippen LogP contribution in [0.4, 0.5) is 0 Å². The molecule has 0 aromatic rings. The maximum atomic E-state index is 12.7. The van der Waals surface area contributed by atoms with Crippen molar-refractivity contribution < 1.29 is 34.3 Å². The summed E-state index contributed by atoms with van der Waals surface area (Å²) in [5.41, 5.74) is -3.60. The van der Waals surface area contributed by atoms with Crippen LogP contribution in [0.25, 0.3) is 0 Å². The SMILES string of the molecule is CCN1C[C@]2(COC)CC[C@H](O)C34C5CC6[C@H](OC(C)=O)C5[C@](O)(C[C@@H]6OC)[C@](O)(CC32)C14. The molecule has 0 aromatic heterocycles. The van der Waals surface area contributed by atoms with Gasteiger partial charge in [0.2, 0.25) is 0 Å². The Morgan fingerprint density at radius 1 is 1.18 bits per heavy atom. The molecule has 3 N–H and O–H groups in total. The normalized spacial score (nSPS) is 58.4. The Morgan fingerprint density at radius 2 is 1.94 bits per heavy atom. The van der Waals surface area contributed by atoms with Crippen molar-refractivity contribution in [1.29, 1.82) is 0 Å². The topological polar surface area (TPSA) is 109 Å². The highest BCUT2D eigenvalue weighted by atomic mass is 16.5. The molecule has 0 aromatic carbocycles. The summed E-state index contributed by atoms with van der Waals surface area (Å²) in [6.45, 7) is 5.63. The molecule has 6 unspecified atom stereocenters. The van der Waals surface area contributed by atoms with Crippen molar-refractivity contribution in [2.24, 2.45) is 34.5 Å². The van der Waals surface area contributed by atoms with Crippen LogP contribution in [-0.4, -0.2) is 95.7 Å². The van der Waals surface area contributed by atoms with Crippen LogP contribution in [-0.2, 0) is 19.0 Å². The van der Waals surface area contributed by atoms with E-state index in [0.29, 0.717) is 25.9 Å². The van der Waals surface area contributed by atoms with Gasteiger partial charge in [-0.2, -0.15) is 0 Å². The molecule has 5 saturated carbocycles. The third-order valence-electron chi connectivity index (χ3n) is 11.3. The van der Waals surface area contributed by atoms with Gasteiger partial charge in [0.05, 0.1) is 18.8 Å². The number of carbonyl (C=O) groups is 1. The van der Waals surface area contributed by atoms with Crippen molar-refractivity contribution in [3.8, 4) is 0 Å². The number of esters is 1. The predicted octanol–water partition coefficient (Wildman–Crippen LogP) is 0.563. The zero-order chi connectivity index (χ0) is 23.6. The minimum atomic E-state index is -1.45. The van der Waals surface area contributed by atoms with Crippen LogP contribution in [0.5, 0.6) is 0 Å². The third-order valence-corrected chi connectivity index (χ3v) is 11.3. The Balaban J connectivity index is 1.60. The quantitative estimate of drug-likeness (QED) is 0.506. The van der Waals surface area contributed by atoms with Gasteiger partial charge in [0.25, 0.3) is 0 Å². The van der Waals surface area contributed by atoms with E-state index in [-0.39, 0.29) is 41.3 Å². The molecule has 0 amide bonds. The van der Waals surface area contributed by atoms with Gasteiger partial charge in [0.15, 0.2) is 0 Å². The summed E-state index contributed by atoms with van der Waals surface area (Å²) in [5, 5.41) is 37.0. The molecule has 186 valence electrons. The first-order chi connectivity index (χ1) is 15.6. The molecule has 1 heterocycles. The lowest BCUT2D eigenvalue weighted by Gasteiger charge is -2.70. The van der Waals surface area contributed by atoms with Gasteiger partial charge < -0.3 is 29.5 Å². The molecule has 7 bridgehead atoms. The number of aliphatic hydroxyl groups excluding tert-OH is 1. The lowest BCUT2D eigenvalue weighted by Crippen LogP contribution is -2.81. The first-order valence-corrected chi connectivity index (χ1v) is 12.7. The minimum absolute atomic E-state index is 0.0452. The van der Waals surface area contributed by atoms with Crippen molar-refractivity contribution in [2.45, 2.75) is 81.5 Å². The molecule has 6 aliphatic rings. The average Bonchev–Trinajstić information content (AvgIpc) is 3.17. The second-order valence-electron chi connectivity index (χ2n) is 12.0. The van der Waals surface area contributed by atoms with E-state index < -0.39 is 34.7 Å². The monoisotopic (exact) mass is 465 g/mol. The Hall–Kier alpha value is -0.770. The molecular formula is C25H39NO7. The van der Waals surface area contributed by atoms with Crippen LogP contribution in [0.2, 0.25) is 0 Å². The summed E-state index contributed by atoms with van der Waals surface area (Å²) < 4.78 is 17.5. The minimum Gasteiger partial charge on any atom is -0.462 e. The first-order valence-electron chi connectivity index (χ1n) is 12.7. The summed E-state index contributed by atoms with van der Waals surface area (Å²) in [5.74, 6) is -0.845. The van der Waals surface area contributed by atoms with E-state index in [1.54, 1.807) is 14.2 Å². The number of likely N-dealkylation sites (N-methyl/N-ethyl adjacent to an activating group) is 1. The van der Waals surface area contributed by atoms with Crippen LogP contribution in [0.1, 0.15) is 46.0 Å². The number of nitrogens with zero attached hydrogens (tertiary/aromatic N) is 1. The number of rotatable bonds is 5. The number of hydrogen-bond donors (Lipinski definition) is 3. The molecule has 8 nitrogen and oxygen atoms in total. The average molecular weight is 466 g/mol. The van der Waals surface area contributed by atoms with Gasteiger partial charge >= 0.3 is 5.97 Å². The van der Waals surface area contributed by atoms with Crippen molar-refractivity contribution in [3.63, 3.8) is 0 Å². The van der Waals surface area contributed by atoms with E-state index in [1.165, 1.54) is 6.92 Å². The van der Waals surface area contributed by atoms with Gasteiger partial charge in [-0.25, -0.2) is 0 Å². The van der Waals surface area contributed by atoms with Gasteiger partial charge in [0.1, 0.15) is 17.3 Å². The molecule has 12 atom stereocenters. The number of likely N-dealkylation sites (tertiary alicyclic amines) is 1. The molecule has 8 heteroatoms. The lowest BCUT2D eigenvalue weighted by atomic mass is 9.42. The van der Waals surface area contributed by atoms with E-state index in [1.807, 2.05) is 0 Å². The maximum Gasteiger partial charge on any atom is 0.302 e. The van der Waals surface area contributed by atoms with Gasteiger partial charge in [-0.05, 0) is 44.1 Å². The van der Waals surface area contributed by atoms with E-state index in [9.17, 15) is 20.1 Å². The van der Waals surface area contributed by atoms with Gasteiger partial charge in [0, 0.05) is 62.8 Å². The Bertz CT molecular complexity index is 855. The molecule has 1 aliphatic heterocycles. The highest BCUT2D eigenvalue weighted by Gasteiger charge is 2.88. The summed E-state index contributed by atoms with van der Waals surface area (Å²) in [4.78, 5) is 14.5. The van der Waals surface area contributed by atoms with Crippen LogP contribution in [0, 0.1) is 34.5 Å². The molecule has 33 heavy (non-hydrogen) atoms. The number of fused-ring (bicyclic) bond motifs is 2. The van der Waals surface area contributed by atoms with Gasteiger partial charge in [-0.3, -0.25) is 9.69 Å². The second-order valence-corrected chi connectivity index (χ2v) is 12.0. The van der Waals surface area contributed by atoms with E-state index in [2.05, 4.69) is 11.8 Å². The van der Waals surface area contributed by atoms with Crippen molar-refractivity contribution in [3.05, 3.63) is 0 Å². The van der Waals surface area contributed by atoms with Crippen molar-refractivity contribution in [2.75, 3.05) is 33.9 Å². The van der Waals surface area contributed by atoms with Gasteiger partial charge in [-0.15, -0.1) is 0 Å². The molecule has 6 rings (SSSR count). The second kappa shape index (κ2) is 6.92. The van der Waals surface area contributed by atoms with Crippen LogP contribution >= 0.6 is 0 Å². The van der Waals surface area contributed by atoms with Crippen LogP contribution < -0.4 is 0 Å². The Morgan fingerprint density at radius 3 is 2.58 bits per heavy atom. The smallest absolute Gasteiger partial charge is 0.302 e. The zero-order valence-electron chi connectivity index (χ0n) is 20.2. The fourth-order valence-corrected chi connectivity index (χ4v) is 10.7. The highest BCUT2D eigenvalue weighted by Crippen LogP contribution is 2.80. The third kappa shape index (κ3) is 2.32. The number of hydrogen-bond acceptors (Lipinski definition) is 8. The fourth-order valence-electron chi connectivity index (χ4n) is 10.7. The number of ether oxygens (including phenoxy) is 3. The molecule has 5 aliphatic carbocycles. The Kier molecular flexibility index (Phi) is 4.75. The van der Waals surface area contributed by atoms with E-state index >= 15 is 0 Å². The molecule has 6 fully saturated rings. The first kappa shape index (κ1) is 22.7. The summed E-state index contributed by atoms with van der Waals surface area (Å²) in [6, 6.07) is -0.334. The van der Waals surface area contributed by atoms with Gasteiger partial charge in [-0.1, -0.05) is 6.92 Å². The highest BCUT2D eigenvalue weighted by molar-refractivity contribution is 5.66. The standard InChI is InChI=1S/C25H39NO7/c1-5-26-11-22(12-31-3)7-6-18(28)25-15-8-14-16(32-4)9-23(29,19(15)20(14)33-13(2)27)24(30,21(25)26)10-17(22)25/h14-21,28-30H,5-12H2,1-4H3/t14?,15?,16-,17?,18-,19?,20-,21?,22-,23+,24-,25?/m0/s1. The number of piperidine rings is 1. The van der Waals surface area contributed by atoms with E-state index in [0.717, 1.165) is 25.9 Å². The van der Waals surface area contributed by atoms with Crippen molar-refractivity contribution >= 4 is 5.97 Å². The largest absolute Gasteiger partial charge is 0.462 e. The summed E-state index contributed by atoms with van der Waals surface area (Å²) in [7, 11) is 3.37. The number of methoxy groups -OCH3 is 2. The van der Waals surface area contributed by atoms with Crippen molar-refractivity contribution in [1.82, 2.24) is 4.90 Å². The summed E-state index contributed by atoms with van der Waals surface area (Å²) in [6.07, 6.45) is 1.61. The lowest BCUT2D eigenvalue weighted by molar-refractivity contribution is -0.313. The maximum absolute atomic E-state index is 12.7. The molecule has 1 spiro atoms. The number of carbonyl (C=O) groups excluding carboxylic acids is 1. The molecule has 0 radical (unpaired) electrons. The number of aliphatic hydroxyl groups is 3. The zero-order valence-corrected chi connectivity index (χ0v) is 20.2. The Labute approximate surface area is 195 Å². The van der Waals surface area contributed by atoms with Crippen LogP contribution in [0.15, 0.2) is 0 Å². The predicted molar refractivity (Wildman–Crippen MR) is 117 cm³/mol. The van der Waals surface area contributed by atoms with E-state index in [4.69, 9.17) is 14.2 Å². The molecule has 1 saturated heterocycles. The van der Waals surface area contributed by atoms with Crippen LogP contribution in [0.3, 0.4) is 0 Å². The summed E-state index contributed by atoms with van der Waals surface area (Å²) >= 11 is 0. The fraction of sp³-hybridized carbons (Fsp3) is 0.960. The molecular weight excluding hydrogens is 426 g/mol.